The second kappa shape index (κ2) is 4.40. The fourth-order valence-electron chi connectivity index (χ4n) is 3.25. The number of aromatic amines is 1. The van der Waals surface area contributed by atoms with Crippen molar-refractivity contribution in [1.82, 2.24) is 24.8 Å². The van der Waals surface area contributed by atoms with Gasteiger partial charge in [0.15, 0.2) is 0 Å². The zero-order valence-electron chi connectivity index (χ0n) is 11.1. The molecule has 3 aromatic heterocycles. The van der Waals surface area contributed by atoms with Crippen molar-refractivity contribution < 1.29 is 0 Å². The van der Waals surface area contributed by atoms with Crippen LogP contribution in [0.4, 0.5) is 0 Å². The number of aromatic nitrogens is 5. The Labute approximate surface area is 115 Å². The molecule has 6 heteroatoms. The third-order valence-electron chi connectivity index (χ3n) is 4.39. The fraction of sp³-hybridized carbons (Fsp3) is 0.429. The van der Waals surface area contributed by atoms with Crippen LogP contribution in [-0.4, -0.2) is 31.0 Å². The van der Waals surface area contributed by atoms with Gasteiger partial charge in [-0.25, -0.2) is 9.50 Å². The van der Waals surface area contributed by atoms with E-state index in [0.29, 0.717) is 11.8 Å². The summed E-state index contributed by atoms with van der Waals surface area (Å²) < 4.78 is 1.77. The maximum atomic E-state index is 7.39. The van der Waals surface area contributed by atoms with E-state index < -0.39 is 0 Å². The van der Waals surface area contributed by atoms with Crippen LogP contribution in [0.3, 0.4) is 0 Å². The fourth-order valence-corrected chi connectivity index (χ4v) is 3.25. The van der Waals surface area contributed by atoms with Crippen LogP contribution in [0, 0.1) is 11.3 Å². The summed E-state index contributed by atoms with van der Waals surface area (Å²) in [5, 5.41) is 17.1. The Morgan fingerprint density at radius 3 is 2.95 bits per heavy atom. The van der Waals surface area contributed by atoms with Crippen LogP contribution in [0.2, 0.25) is 0 Å². The van der Waals surface area contributed by atoms with Crippen molar-refractivity contribution in [3.8, 4) is 0 Å². The molecule has 4 rings (SSSR count). The third kappa shape index (κ3) is 1.64. The standard InChI is InChI=1S/C14H16N6/c15-7-9-1-3-10(4-2-9)12-13-11-5-6-16-14(11)17-8-20(13)19-18-12/h5-10,15-16H,1-4H2/t9-,10-. The first kappa shape index (κ1) is 11.6. The molecule has 0 bridgehead atoms. The van der Waals surface area contributed by atoms with Gasteiger partial charge in [-0.05, 0) is 43.9 Å². The third-order valence-corrected chi connectivity index (χ3v) is 4.39. The van der Waals surface area contributed by atoms with Crippen molar-refractivity contribution in [3.05, 3.63) is 24.3 Å². The van der Waals surface area contributed by atoms with Gasteiger partial charge in [-0.2, -0.15) is 0 Å². The molecule has 0 spiro atoms. The Morgan fingerprint density at radius 1 is 1.30 bits per heavy atom. The predicted molar refractivity (Wildman–Crippen MR) is 76.1 cm³/mol. The molecule has 20 heavy (non-hydrogen) atoms. The van der Waals surface area contributed by atoms with Crippen LogP contribution in [0.25, 0.3) is 16.6 Å². The summed E-state index contributed by atoms with van der Waals surface area (Å²) in [5.74, 6) is 0.895. The summed E-state index contributed by atoms with van der Waals surface area (Å²) in [5.41, 5.74) is 3.05. The first-order valence-corrected chi connectivity index (χ1v) is 7.04. The number of H-pyrrole nitrogens is 1. The minimum atomic E-state index is 0.446. The van der Waals surface area contributed by atoms with Crippen molar-refractivity contribution in [2.45, 2.75) is 31.6 Å². The molecule has 3 heterocycles. The van der Waals surface area contributed by atoms with Crippen molar-refractivity contribution >= 4 is 22.8 Å². The molecule has 1 aliphatic rings. The molecule has 102 valence electrons. The second-order valence-corrected chi connectivity index (χ2v) is 5.53. The van der Waals surface area contributed by atoms with Gasteiger partial charge in [0.1, 0.15) is 17.5 Å². The highest BCUT2D eigenvalue weighted by Crippen LogP contribution is 2.36. The van der Waals surface area contributed by atoms with E-state index in [9.17, 15) is 0 Å². The topological polar surface area (TPSA) is 82.7 Å². The lowest BCUT2D eigenvalue weighted by Crippen LogP contribution is -2.14. The summed E-state index contributed by atoms with van der Waals surface area (Å²) in [6, 6.07) is 2.04. The number of hydrogen-bond acceptors (Lipinski definition) is 4. The quantitative estimate of drug-likeness (QED) is 0.700. The molecule has 0 aromatic carbocycles. The van der Waals surface area contributed by atoms with Crippen LogP contribution >= 0.6 is 0 Å². The first-order valence-electron chi connectivity index (χ1n) is 7.04. The first-order chi connectivity index (χ1) is 9.86. The number of nitrogens with zero attached hydrogens (tertiary/aromatic N) is 4. The van der Waals surface area contributed by atoms with Crippen LogP contribution in [0.5, 0.6) is 0 Å². The smallest absolute Gasteiger partial charge is 0.141 e. The van der Waals surface area contributed by atoms with E-state index in [1.165, 1.54) is 0 Å². The normalized spacial score (nSPS) is 23.4. The SMILES string of the molecule is N=C[C@H]1CC[C@H](c2nnn3cnc4[nH]ccc4c23)CC1. The Balaban J connectivity index is 1.80. The second-order valence-electron chi connectivity index (χ2n) is 5.53. The van der Waals surface area contributed by atoms with Gasteiger partial charge in [-0.1, -0.05) is 5.21 Å². The summed E-state index contributed by atoms with van der Waals surface area (Å²) in [6.45, 7) is 0. The summed E-state index contributed by atoms with van der Waals surface area (Å²) >= 11 is 0. The van der Waals surface area contributed by atoms with Crippen LogP contribution < -0.4 is 0 Å². The monoisotopic (exact) mass is 268 g/mol. The summed E-state index contributed by atoms with van der Waals surface area (Å²) in [7, 11) is 0. The summed E-state index contributed by atoms with van der Waals surface area (Å²) in [6.07, 6.45) is 9.54. The maximum absolute atomic E-state index is 7.39. The molecule has 0 amide bonds. The maximum Gasteiger partial charge on any atom is 0.141 e. The van der Waals surface area contributed by atoms with Crippen molar-refractivity contribution in [2.75, 3.05) is 0 Å². The lowest BCUT2D eigenvalue weighted by molar-refractivity contribution is 0.392. The lowest BCUT2D eigenvalue weighted by Gasteiger charge is -2.24. The minimum Gasteiger partial charge on any atom is -0.346 e. The Hall–Kier alpha value is -2.24. The van der Waals surface area contributed by atoms with Crippen molar-refractivity contribution in [1.29, 1.82) is 5.41 Å². The van der Waals surface area contributed by atoms with E-state index >= 15 is 0 Å². The van der Waals surface area contributed by atoms with Gasteiger partial charge in [0, 0.05) is 17.5 Å². The van der Waals surface area contributed by atoms with Gasteiger partial charge < -0.3 is 10.4 Å². The van der Waals surface area contributed by atoms with E-state index in [0.717, 1.165) is 47.9 Å². The number of fused-ring (bicyclic) bond motifs is 3. The van der Waals surface area contributed by atoms with Crippen LogP contribution in [0.15, 0.2) is 18.6 Å². The van der Waals surface area contributed by atoms with E-state index in [-0.39, 0.29) is 0 Å². The van der Waals surface area contributed by atoms with Gasteiger partial charge in [0.2, 0.25) is 0 Å². The van der Waals surface area contributed by atoms with E-state index in [1.807, 2.05) is 12.3 Å². The molecular weight excluding hydrogens is 252 g/mol. The summed E-state index contributed by atoms with van der Waals surface area (Å²) in [4.78, 5) is 7.47. The van der Waals surface area contributed by atoms with Gasteiger partial charge in [-0.3, -0.25) is 0 Å². The average molecular weight is 268 g/mol. The molecule has 1 fully saturated rings. The highest BCUT2D eigenvalue weighted by molar-refractivity contribution is 5.92. The van der Waals surface area contributed by atoms with E-state index in [1.54, 1.807) is 17.1 Å². The molecule has 6 nitrogen and oxygen atoms in total. The minimum absolute atomic E-state index is 0.446. The molecule has 0 unspecified atom stereocenters. The number of nitrogens with one attached hydrogen (secondary N) is 2. The van der Waals surface area contributed by atoms with Gasteiger partial charge in [0.25, 0.3) is 0 Å². The Bertz CT molecular complexity index is 762. The van der Waals surface area contributed by atoms with Crippen molar-refractivity contribution in [3.63, 3.8) is 0 Å². The molecule has 0 radical (unpaired) electrons. The highest BCUT2D eigenvalue weighted by atomic mass is 15.4. The zero-order chi connectivity index (χ0) is 13.5. The van der Waals surface area contributed by atoms with E-state index in [4.69, 9.17) is 5.41 Å². The van der Waals surface area contributed by atoms with Crippen LogP contribution in [0.1, 0.15) is 37.3 Å². The van der Waals surface area contributed by atoms with Gasteiger partial charge in [-0.15, -0.1) is 5.10 Å². The average Bonchev–Trinajstić information content (AvgIpc) is 3.13. The molecule has 3 aromatic rings. The zero-order valence-corrected chi connectivity index (χ0v) is 11.1. The van der Waals surface area contributed by atoms with Crippen LogP contribution in [-0.2, 0) is 0 Å². The van der Waals surface area contributed by atoms with Gasteiger partial charge >= 0.3 is 0 Å². The Kier molecular flexibility index (Phi) is 2.55. The molecule has 0 atom stereocenters. The molecular formula is C14H16N6. The molecule has 1 saturated carbocycles. The predicted octanol–water partition coefficient (Wildman–Crippen LogP) is 2.53. The highest BCUT2D eigenvalue weighted by Gasteiger charge is 2.25. The van der Waals surface area contributed by atoms with E-state index in [2.05, 4.69) is 20.3 Å². The lowest BCUT2D eigenvalue weighted by atomic mass is 9.80. The Morgan fingerprint density at radius 2 is 2.15 bits per heavy atom. The molecule has 0 aliphatic heterocycles. The number of rotatable bonds is 2. The molecule has 1 aliphatic carbocycles. The van der Waals surface area contributed by atoms with Gasteiger partial charge in [0.05, 0.1) is 5.69 Å². The number of hydrogen-bond donors (Lipinski definition) is 2. The largest absolute Gasteiger partial charge is 0.346 e. The van der Waals surface area contributed by atoms with Crippen molar-refractivity contribution in [2.24, 2.45) is 5.92 Å². The molecule has 2 N–H and O–H groups in total. The molecule has 0 saturated heterocycles.